The van der Waals surface area contributed by atoms with Gasteiger partial charge in [-0.25, -0.2) is 4.98 Å². The Balaban J connectivity index is 1.58. The van der Waals surface area contributed by atoms with Crippen LogP contribution >= 0.6 is 34.5 Å². The number of aryl methyl sites for hydroxylation is 3. The number of nitrogens with zero attached hydrogens (tertiary/aromatic N) is 1. The number of nitrogens with one attached hydrogen (secondary N) is 1. The third-order valence-corrected chi connectivity index (χ3v) is 5.88. The van der Waals surface area contributed by atoms with Gasteiger partial charge in [0.2, 0.25) is 0 Å². The van der Waals surface area contributed by atoms with Crippen LogP contribution in [0, 0.1) is 6.92 Å². The van der Waals surface area contributed by atoms with E-state index in [2.05, 4.69) is 10.3 Å². The summed E-state index contributed by atoms with van der Waals surface area (Å²) < 4.78 is 5.76. The number of carbonyl (C=O) groups excluding carboxylic acids is 1. The van der Waals surface area contributed by atoms with Gasteiger partial charge >= 0.3 is 0 Å². The average molecular weight is 407 g/mol. The van der Waals surface area contributed by atoms with Crippen LogP contribution in [0.3, 0.4) is 0 Å². The Morgan fingerprint density at radius 2 is 1.88 bits per heavy atom. The molecule has 0 fully saturated rings. The molecular formula is C19H16Cl2N2O2S. The third-order valence-electron chi connectivity index (χ3n) is 4.38. The quantitative estimate of drug-likeness (QED) is 0.567. The van der Waals surface area contributed by atoms with Crippen LogP contribution < -0.4 is 5.32 Å². The molecule has 1 amide bonds. The summed E-state index contributed by atoms with van der Waals surface area (Å²) in [6, 6.07) is 6.87. The van der Waals surface area contributed by atoms with Crippen LogP contribution in [-0.4, -0.2) is 10.9 Å². The predicted molar refractivity (Wildman–Crippen MR) is 106 cm³/mol. The molecule has 0 spiro atoms. The lowest BCUT2D eigenvalue weighted by Crippen LogP contribution is -2.12. The molecule has 2 heterocycles. The molecule has 2 aromatic heterocycles. The Morgan fingerprint density at radius 3 is 2.62 bits per heavy atom. The molecule has 0 unspecified atom stereocenters. The van der Waals surface area contributed by atoms with E-state index in [9.17, 15) is 4.79 Å². The van der Waals surface area contributed by atoms with Crippen LogP contribution in [-0.2, 0) is 12.8 Å². The van der Waals surface area contributed by atoms with Crippen molar-refractivity contribution in [2.45, 2.75) is 32.6 Å². The molecule has 26 heavy (non-hydrogen) atoms. The normalized spacial score (nSPS) is 13.5. The summed E-state index contributed by atoms with van der Waals surface area (Å²) in [5.74, 6) is 0.863. The zero-order chi connectivity index (χ0) is 18.3. The molecule has 0 saturated heterocycles. The molecule has 4 rings (SSSR count). The van der Waals surface area contributed by atoms with Gasteiger partial charge in [0, 0.05) is 20.5 Å². The highest BCUT2D eigenvalue weighted by Crippen LogP contribution is 2.32. The number of hydrogen-bond donors (Lipinski definition) is 1. The van der Waals surface area contributed by atoms with Crippen molar-refractivity contribution in [1.29, 1.82) is 0 Å². The summed E-state index contributed by atoms with van der Waals surface area (Å²) in [7, 11) is 0. The number of thiazole rings is 1. The number of furan rings is 1. The second-order valence-corrected chi connectivity index (χ2v) is 8.25. The van der Waals surface area contributed by atoms with Crippen LogP contribution in [0.4, 0.5) is 5.13 Å². The molecule has 0 atom stereocenters. The van der Waals surface area contributed by atoms with Crippen molar-refractivity contribution in [3.8, 4) is 11.3 Å². The number of rotatable bonds is 3. The fourth-order valence-corrected chi connectivity index (χ4v) is 4.69. The molecule has 1 aromatic carbocycles. The van der Waals surface area contributed by atoms with E-state index in [1.807, 2.05) is 0 Å². The number of halogens is 2. The largest absolute Gasteiger partial charge is 0.461 e. The van der Waals surface area contributed by atoms with E-state index < -0.39 is 0 Å². The van der Waals surface area contributed by atoms with Crippen molar-refractivity contribution in [1.82, 2.24) is 4.98 Å². The highest BCUT2D eigenvalue weighted by Gasteiger charge is 2.20. The molecule has 4 nitrogen and oxygen atoms in total. The number of benzene rings is 1. The predicted octanol–water partition coefficient (Wildman–Crippen LogP) is 6.15. The van der Waals surface area contributed by atoms with Gasteiger partial charge in [0.1, 0.15) is 11.5 Å². The van der Waals surface area contributed by atoms with Crippen molar-refractivity contribution in [2.75, 3.05) is 5.32 Å². The lowest BCUT2D eigenvalue weighted by Gasteiger charge is -2.06. The zero-order valence-corrected chi connectivity index (χ0v) is 16.4. The maximum absolute atomic E-state index is 12.7. The summed E-state index contributed by atoms with van der Waals surface area (Å²) in [5.41, 5.74) is 2.33. The summed E-state index contributed by atoms with van der Waals surface area (Å²) >= 11 is 13.7. The highest BCUT2D eigenvalue weighted by molar-refractivity contribution is 7.15. The maximum atomic E-state index is 12.7. The average Bonchev–Trinajstić information content (AvgIpc) is 3.16. The summed E-state index contributed by atoms with van der Waals surface area (Å²) in [4.78, 5) is 18.5. The van der Waals surface area contributed by atoms with E-state index in [4.69, 9.17) is 27.6 Å². The molecule has 0 bridgehead atoms. The molecule has 1 N–H and O–H groups in total. The lowest BCUT2D eigenvalue weighted by molar-refractivity contribution is 0.102. The monoisotopic (exact) mass is 406 g/mol. The van der Waals surface area contributed by atoms with E-state index in [1.54, 1.807) is 42.5 Å². The van der Waals surface area contributed by atoms with E-state index in [1.165, 1.54) is 11.3 Å². The smallest absolute Gasteiger partial charge is 0.261 e. The van der Waals surface area contributed by atoms with Gasteiger partial charge in [-0.1, -0.05) is 23.2 Å². The first kappa shape index (κ1) is 17.6. The first-order chi connectivity index (χ1) is 12.5. The number of anilines is 1. The van der Waals surface area contributed by atoms with E-state index in [0.29, 0.717) is 32.3 Å². The molecule has 0 aliphatic heterocycles. The van der Waals surface area contributed by atoms with E-state index in [0.717, 1.165) is 30.5 Å². The topological polar surface area (TPSA) is 55.1 Å². The van der Waals surface area contributed by atoms with Crippen LogP contribution in [0.15, 0.2) is 28.7 Å². The number of hydrogen-bond acceptors (Lipinski definition) is 4. The van der Waals surface area contributed by atoms with E-state index in [-0.39, 0.29) is 5.91 Å². The van der Waals surface area contributed by atoms with Gasteiger partial charge in [-0.2, -0.15) is 0 Å². The number of fused-ring (bicyclic) bond motifs is 1. The minimum absolute atomic E-state index is 0.225. The van der Waals surface area contributed by atoms with Crippen LogP contribution in [0.25, 0.3) is 11.3 Å². The van der Waals surface area contributed by atoms with Gasteiger partial charge in [-0.05, 0) is 56.9 Å². The van der Waals surface area contributed by atoms with Gasteiger partial charge in [0.25, 0.3) is 5.91 Å². The number of carbonyl (C=O) groups is 1. The van der Waals surface area contributed by atoms with Crippen LogP contribution in [0.5, 0.6) is 0 Å². The lowest BCUT2D eigenvalue weighted by atomic mass is 10.0. The Morgan fingerprint density at radius 1 is 1.15 bits per heavy atom. The van der Waals surface area contributed by atoms with Crippen molar-refractivity contribution in [3.05, 3.63) is 56.2 Å². The van der Waals surface area contributed by atoms with Gasteiger partial charge in [-0.3, -0.25) is 10.1 Å². The van der Waals surface area contributed by atoms with E-state index >= 15 is 0 Å². The number of amides is 1. The zero-order valence-electron chi connectivity index (χ0n) is 14.1. The van der Waals surface area contributed by atoms with Crippen LogP contribution in [0.1, 0.15) is 39.5 Å². The minimum Gasteiger partial charge on any atom is -0.461 e. The maximum Gasteiger partial charge on any atom is 0.261 e. The van der Waals surface area contributed by atoms with Gasteiger partial charge in [0.05, 0.1) is 11.3 Å². The first-order valence-corrected chi connectivity index (χ1v) is 9.93. The summed E-state index contributed by atoms with van der Waals surface area (Å²) in [5, 5.41) is 4.58. The minimum atomic E-state index is -0.225. The molecule has 3 aromatic rings. The van der Waals surface area contributed by atoms with Crippen molar-refractivity contribution >= 4 is 45.6 Å². The number of aromatic nitrogens is 1. The highest BCUT2D eigenvalue weighted by atomic mass is 35.5. The summed E-state index contributed by atoms with van der Waals surface area (Å²) in [6.07, 6.45) is 4.39. The Labute approximate surface area is 165 Å². The van der Waals surface area contributed by atoms with Gasteiger partial charge in [-0.15, -0.1) is 11.3 Å². The molecule has 1 aliphatic carbocycles. The molecule has 0 saturated carbocycles. The molecule has 1 aliphatic rings. The third kappa shape index (κ3) is 3.52. The first-order valence-electron chi connectivity index (χ1n) is 8.36. The van der Waals surface area contributed by atoms with Crippen LogP contribution in [0.2, 0.25) is 10.0 Å². The Kier molecular flexibility index (Phi) is 4.78. The molecular weight excluding hydrogens is 391 g/mol. The molecule has 7 heteroatoms. The van der Waals surface area contributed by atoms with Gasteiger partial charge < -0.3 is 4.42 Å². The fraction of sp³-hybridized carbons (Fsp3) is 0.263. The fourth-order valence-electron chi connectivity index (χ4n) is 3.12. The van der Waals surface area contributed by atoms with Crippen molar-refractivity contribution in [2.24, 2.45) is 0 Å². The summed E-state index contributed by atoms with van der Waals surface area (Å²) in [6.45, 7) is 1.76. The SMILES string of the molecule is Cc1oc(-c2cc(Cl)cc(Cl)c2)cc1C(=O)Nc1nc2c(s1)CCCC2. The van der Waals surface area contributed by atoms with Crippen molar-refractivity contribution in [3.63, 3.8) is 0 Å². The standard InChI is InChI=1S/C19H16Cl2N2O2S/c1-10-14(9-16(25-10)11-6-12(20)8-13(21)7-11)18(24)23-19-22-15-4-2-3-5-17(15)26-19/h6-9H,2-5H2,1H3,(H,22,23,24). The van der Waals surface area contributed by atoms with Gasteiger partial charge in [0.15, 0.2) is 5.13 Å². The second-order valence-electron chi connectivity index (χ2n) is 6.29. The Bertz CT molecular complexity index is 950. The Hall–Kier alpha value is -1.82. The molecule has 134 valence electrons. The van der Waals surface area contributed by atoms with Crippen molar-refractivity contribution < 1.29 is 9.21 Å². The second kappa shape index (κ2) is 7.06. The molecule has 0 radical (unpaired) electrons.